The molecule has 0 spiro atoms. The number of aliphatic carboxylic acids is 1. The first-order valence-electron chi connectivity index (χ1n) is 8.03. The van der Waals surface area contributed by atoms with E-state index in [1.165, 1.54) is 29.1 Å². The van der Waals surface area contributed by atoms with Gasteiger partial charge in [-0.05, 0) is 6.07 Å². The molecule has 0 radical (unpaired) electrons. The van der Waals surface area contributed by atoms with Crippen LogP contribution in [0.5, 0.6) is 0 Å². The van der Waals surface area contributed by atoms with E-state index in [2.05, 4.69) is 22.9 Å². The number of carbonyl (C=O) groups excluding carboxylic acids is 1. The van der Waals surface area contributed by atoms with Gasteiger partial charge in [0, 0.05) is 6.07 Å². The van der Waals surface area contributed by atoms with Crippen molar-refractivity contribution < 1.29 is 58.8 Å². The molecule has 0 bridgehead atoms. The molecule has 1 aromatic rings. The van der Waals surface area contributed by atoms with E-state index in [4.69, 9.17) is 15.6 Å². The SMILES string of the molecule is NC(=O)c1ccc[n+]([C@@H]2O[C@H](COP(=O)([O-])[O-])[C@@H](O)[C@H]2O)c1.[NH3+][C@@H](CS)C(=O)O. The van der Waals surface area contributed by atoms with Crippen LogP contribution in [-0.2, 0) is 18.6 Å². The highest BCUT2D eigenvalue weighted by molar-refractivity contribution is 7.80. The number of quaternary nitrogens is 1. The highest BCUT2D eigenvalue weighted by atomic mass is 32.1. The molecule has 0 unspecified atom stereocenters. The first-order valence-corrected chi connectivity index (χ1v) is 10.1. The zero-order valence-corrected chi connectivity index (χ0v) is 16.7. The molecule has 5 atom stereocenters. The molecule has 0 aromatic carbocycles. The molecule has 1 amide bonds. The largest absolute Gasteiger partial charge is 0.790 e. The number of amides is 1. The highest BCUT2D eigenvalue weighted by Crippen LogP contribution is 2.30. The summed E-state index contributed by atoms with van der Waals surface area (Å²) in [6, 6.07) is 2.36. The Morgan fingerprint density at radius 3 is 2.48 bits per heavy atom. The van der Waals surface area contributed by atoms with E-state index in [9.17, 15) is 34.2 Å². The van der Waals surface area contributed by atoms with Crippen LogP contribution >= 0.6 is 20.5 Å². The number of thiol groups is 1. The molecule has 8 N–H and O–H groups in total. The number of phosphoric ester groups is 1. The van der Waals surface area contributed by atoms with Gasteiger partial charge in [-0.25, -0.2) is 4.79 Å². The first kappa shape index (κ1) is 25.4. The van der Waals surface area contributed by atoms with Crippen LogP contribution in [0.15, 0.2) is 24.5 Å². The average molecular weight is 455 g/mol. The Balaban J connectivity index is 0.000000516. The maximum Gasteiger partial charge on any atom is 0.363 e. The van der Waals surface area contributed by atoms with Gasteiger partial charge in [0.15, 0.2) is 24.5 Å². The van der Waals surface area contributed by atoms with Gasteiger partial charge in [-0.3, -0.25) is 4.79 Å². The van der Waals surface area contributed by atoms with E-state index >= 15 is 0 Å². The molecule has 164 valence electrons. The molecule has 1 aromatic heterocycles. The smallest absolute Gasteiger partial charge is 0.363 e. The van der Waals surface area contributed by atoms with E-state index in [0.29, 0.717) is 5.75 Å². The van der Waals surface area contributed by atoms with Crippen molar-refractivity contribution in [2.75, 3.05) is 12.4 Å². The lowest BCUT2D eigenvalue weighted by Crippen LogP contribution is -2.66. The molecule has 1 aliphatic rings. The van der Waals surface area contributed by atoms with E-state index in [1.807, 2.05) is 0 Å². The minimum atomic E-state index is -5.22. The molecular weight excluding hydrogens is 433 g/mol. The fourth-order valence-electron chi connectivity index (χ4n) is 2.15. The summed E-state index contributed by atoms with van der Waals surface area (Å²) in [6.07, 6.45) is -2.44. The van der Waals surface area contributed by atoms with Crippen molar-refractivity contribution in [1.82, 2.24) is 0 Å². The topological polar surface area (TPSA) is 234 Å². The summed E-state index contributed by atoms with van der Waals surface area (Å²) in [5.74, 6) is -1.29. The summed E-state index contributed by atoms with van der Waals surface area (Å²) >= 11 is 3.71. The Kier molecular flexibility index (Phi) is 9.61. The third-order valence-electron chi connectivity index (χ3n) is 3.70. The van der Waals surface area contributed by atoms with Gasteiger partial charge in [0.05, 0.1) is 20.2 Å². The maximum atomic E-state index is 11.1. The number of carboxylic acid groups (broad SMARTS) is 1. The number of hydrogen-bond donors (Lipinski definition) is 6. The molecule has 0 saturated carbocycles. The second-order valence-electron chi connectivity index (χ2n) is 5.91. The summed E-state index contributed by atoms with van der Waals surface area (Å²) in [5.41, 5.74) is 8.57. The number of rotatable bonds is 7. The predicted molar refractivity (Wildman–Crippen MR) is 92.8 cm³/mol. The molecule has 2 heterocycles. The minimum Gasteiger partial charge on any atom is -0.790 e. The number of phosphoric acid groups is 1. The van der Waals surface area contributed by atoms with Gasteiger partial charge < -0.3 is 50.4 Å². The number of primary amides is 1. The molecule has 13 nitrogen and oxygen atoms in total. The molecule has 2 rings (SSSR count). The van der Waals surface area contributed by atoms with E-state index in [-0.39, 0.29) is 5.56 Å². The van der Waals surface area contributed by atoms with Crippen LogP contribution in [0, 0.1) is 0 Å². The van der Waals surface area contributed by atoms with Gasteiger partial charge in [0.25, 0.3) is 12.1 Å². The zero-order chi connectivity index (χ0) is 22.4. The quantitative estimate of drug-likeness (QED) is 0.130. The van der Waals surface area contributed by atoms with Crippen LogP contribution in [0.25, 0.3) is 0 Å². The molecule has 15 heteroatoms. The van der Waals surface area contributed by atoms with Crippen molar-refractivity contribution in [2.45, 2.75) is 30.6 Å². The van der Waals surface area contributed by atoms with Crippen molar-refractivity contribution in [2.24, 2.45) is 5.73 Å². The lowest BCUT2D eigenvalue weighted by molar-refractivity contribution is -0.765. The van der Waals surface area contributed by atoms with Crippen molar-refractivity contribution in [3.05, 3.63) is 30.1 Å². The van der Waals surface area contributed by atoms with Gasteiger partial charge in [-0.2, -0.15) is 17.2 Å². The first-order chi connectivity index (χ1) is 13.4. The van der Waals surface area contributed by atoms with Crippen molar-refractivity contribution in [3.8, 4) is 0 Å². The highest BCUT2D eigenvalue weighted by Gasteiger charge is 2.48. The van der Waals surface area contributed by atoms with Gasteiger partial charge in [0.2, 0.25) is 0 Å². The fraction of sp³-hybridized carbons (Fsp3) is 0.500. The number of aliphatic hydroxyl groups is 2. The number of nitrogens with zero attached hydrogens (tertiary/aromatic N) is 1. The van der Waals surface area contributed by atoms with Gasteiger partial charge in [0.1, 0.15) is 17.8 Å². The zero-order valence-electron chi connectivity index (χ0n) is 14.9. The normalized spacial score (nSPS) is 25.0. The second kappa shape index (κ2) is 11.0. The predicted octanol–water partition coefficient (Wildman–Crippen LogP) is -4.85. The summed E-state index contributed by atoms with van der Waals surface area (Å²) in [5, 5.41) is 27.8. The summed E-state index contributed by atoms with van der Waals surface area (Å²) < 4.78 is 21.1. The summed E-state index contributed by atoms with van der Waals surface area (Å²) in [6.45, 7) is -0.727. The number of aliphatic hydroxyl groups excluding tert-OH is 2. The third kappa shape index (κ3) is 7.97. The van der Waals surface area contributed by atoms with E-state index in [1.54, 1.807) is 0 Å². The Morgan fingerprint density at radius 2 is 2.03 bits per heavy atom. The number of ether oxygens (including phenoxy) is 1. The Labute approximate surface area is 170 Å². The molecule has 0 aliphatic carbocycles. The molecule has 1 fully saturated rings. The number of aromatic nitrogens is 1. The van der Waals surface area contributed by atoms with E-state index in [0.717, 1.165) is 0 Å². The number of pyridine rings is 1. The Morgan fingerprint density at radius 1 is 1.41 bits per heavy atom. The fourth-order valence-corrected chi connectivity index (χ4v) is 2.64. The van der Waals surface area contributed by atoms with Crippen LogP contribution in [0.1, 0.15) is 16.6 Å². The number of carbonyl (C=O) groups is 2. The standard InChI is InChI=1S/C11H15N2O8P.C3H7NO2S/c12-10(16)6-2-1-3-13(4-6)11-9(15)8(14)7(21-11)5-20-22(17,18)19;4-2(1-7)3(5)6/h1-4,7-9,11,14-15H,5H2,(H3-,12,16,17,18,19);2,7H,1,4H2,(H,5,6)/t7-,8-,9-,11-;2-/m10/s1. The number of carboxylic acids is 1. The maximum absolute atomic E-state index is 11.1. The molecular formula is C14H22N3O10PS. The van der Waals surface area contributed by atoms with Gasteiger partial charge >= 0.3 is 5.97 Å². The number of nitrogens with two attached hydrogens (primary N) is 1. The molecule has 29 heavy (non-hydrogen) atoms. The van der Waals surface area contributed by atoms with Crippen molar-refractivity contribution in [1.29, 1.82) is 0 Å². The van der Waals surface area contributed by atoms with Gasteiger partial charge in [-0.1, -0.05) is 0 Å². The minimum absolute atomic E-state index is 0.149. The lowest BCUT2D eigenvalue weighted by Gasteiger charge is -2.30. The monoisotopic (exact) mass is 455 g/mol. The lowest BCUT2D eigenvalue weighted by atomic mass is 10.1. The molecule has 1 saturated heterocycles. The molecule has 1 aliphatic heterocycles. The second-order valence-corrected chi connectivity index (χ2v) is 7.43. The van der Waals surface area contributed by atoms with Crippen LogP contribution in [0.2, 0.25) is 0 Å². The van der Waals surface area contributed by atoms with Crippen LogP contribution in [0.4, 0.5) is 0 Å². The number of hydrogen-bond acceptors (Lipinski definition) is 10. The van der Waals surface area contributed by atoms with Crippen LogP contribution in [0.3, 0.4) is 0 Å². The average Bonchev–Trinajstić information content (AvgIpc) is 2.94. The summed E-state index contributed by atoms with van der Waals surface area (Å²) in [4.78, 5) is 41.8. The van der Waals surface area contributed by atoms with Gasteiger partial charge in [-0.15, -0.1) is 0 Å². The van der Waals surface area contributed by atoms with Crippen LogP contribution in [-0.4, -0.2) is 63.9 Å². The van der Waals surface area contributed by atoms with Crippen molar-refractivity contribution >= 4 is 32.3 Å². The Bertz CT molecular complexity index is 763. The summed E-state index contributed by atoms with van der Waals surface area (Å²) in [7, 11) is -5.22. The van der Waals surface area contributed by atoms with E-state index < -0.39 is 56.9 Å². The third-order valence-corrected chi connectivity index (χ3v) is 4.61. The van der Waals surface area contributed by atoms with Crippen molar-refractivity contribution in [3.63, 3.8) is 0 Å². The Hall–Kier alpha value is -1.61. The van der Waals surface area contributed by atoms with Crippen LogP contribution < -0.4 is 25.8 Å².